The average molecular weight is 361 g/mol. The van der Waals surface area contributed by atoms with Crippen LogP contribution in [0.4, 0.5) is 27.9 Å². The average Bonchev–Trinajstić information content (AvgIpc) is 3.06. The predicted molar refractivity (Wildman–Crippen MR) is 98.9 cm³/mol. The molecule has 9 heteroatoms. The molecule has 1 aliphatic heterocycles. The van der Waals surface area contributed by atoms with Crippen LogP contribution in [-0.2, 0) is 0 Å². The summed E-state index contributed by atoms with van der Waals surface area (Å²) in [5, 5.41) is 0. The molecular weight excluding hydrogens is 337 g/mol. The van der Waals surface area contributed by atoms with Gasteiger partial charge >= 0.3 is 0 Å². The first-order chi connectivity index (χ1) is 12.5. The van der Waals surface area contributed by atoms with Crippen LogP contribution in [0.15, 0.2) is 18.2 Å². The number of halogens is 1. The molecule has 140 valence electrons. The molecule has 1 unspecified atom stereocenters. The third kappa shape index (κ3) is 3.77. The molecule has 0 bridgehead atoms. The van der Waals surface area contributed by atoms with Gasteiger partial charge in [-0.25, -0.2) is 4.39 Å². The first kappa shape index (κ1) is 18.1. The third-order valence-corrected chi connectivity index (χ3v) is 4.65. The van der Waals surface area contributed by atoms with Gasteiger partial charge in [-0.15, -0.1) is 0 Å². The Hall–Kier alpha value is -2.68. The molecule has 26 heavy (non-hydrogen) atoms. The standard InChI is InChI=1S/C17H24FN7O/c1-3-24-8-4-5-12(24)10-25(17-22-15(19)21-16(20)23-17)11-6-7-14(26-2)13(18)9-11/h6-7,9,12H,3-5,8,10H2,1-2H3,(H4,19,20,21,22,23). The molecule has 0 amide bonds. The fraction of sp³-hybridized carbons (Fsp3) is 0.471. The maximum Gasteiger partial charge on any atom is 0.236 e. The lowest BCUT2D eigenvalue weighted by Gasteiger charge is -2.30. The number of ether oxygens (including phenoxy) is 1. The monoisotopic (exact) mass is 361 g/mol. The van der Waals surface area contributed by atoms with Crippen molar-refractivity contribution < 1.29 is 9.13 Å². The Labute approximate surface area is 152 Å². The molecule has 1 aromatic carbocycles. The molecule has 3 rings (SSSR count). The molecule has 0 saturated carbocycles. The molecule has 2 aromatic rings. The minimum atomic E-state index is -0.455. The van der Waals surface area contributed by atoms with Gasteiger partial charge in [-0.3, -0.25) is 4.90 Å². The Kier molecular flexibility index (Phi) is 5.36. The molecule has 8 nitrogen and oxygen atoms in total. The summed E-state index contributed by atoms with van der Waals surface area (Å²) in [7, 11) is 1.43. The molecule has 1 saturated heterocycles. The maximum atomic E-state index is 14.3. The Morgan fingerprint density at radius 2 is 2.00 bits per heavy atom. The zero-order valence-corrected chi connectivity index (χ0v) is 15.0. The fourth-order valence-corrected chi connectivity index (χ4v) is 3.37. The van der Waals surface area contributed by atoms with Crippen molar-refractivity contribution in [2.24, 2.45) is 0 Å². The molecule has 0 aliphatic carbocycles. The fourth-order valence-electron chi connectivity index (χ4n) is 3.37. The Bertz CT molecular complexity index is 753. The van der Waals surface area contributed by atoms with Gasteiger partial charge in [0.1, 0.15) is 0 Å². The maximum absolute atomic E-state index is 14.3. The summed E-state index contributed by atoms with van der Waals surface area (Å²) in [6.45, 7) is 4.74. The second-order valence-corrected chi connectivity index (χ2v) is 6.21. The SMILES string of the molecule is CCN1CCCC1CN(c1ccc(OC)c(F)c1)c1nc(N)nc(N)n1. The van der Waals surface area contributed by atoms with Crippen molar-refractivity contribution in [1.29, 1.82) is 0 Å². The number of likely N-dealkylation sites (tertiary alicyclic amines) is 1. The molecule has 1 aromatic heterocycles. The minimum absolute atomic E-state index is 0.0326. The Balaban J connectivity index is 1.99. The van der Waals surface area contributed by atoms with Crippen molar-refractivity contribution in [2.75, 3.05) is 43.1 Å². The quantitative estimate of drug-likeness (QED) is 0.802. The highest BCUT2D eigenvalue weighted by atomic mass is 19.1. The van der Waals surface area contributed by atoms with Crippen molar-refractivity contribution >= 4 is 23.5 Å². The summed E-state index contributed by atoms with van der Waals surface area (Å²) < 4.78 is 19.3. The van der Waals surface area contributed by atoms with Gasteiger partial charge in [-0.05, 0) is 38.1 Å². The van der Waals surface area contributed by atoms with Crippen LogP contribution >= 0.6 is 0 Å². The van der Waals surface area contributed by atoms with Gasteiger partial charge in [0.25, 0.3) is 0 Å². The van der Waals surface area contributed by atoms with E-state index in [0.717, 1.165) is 25.9 Å². The second kappa shape index (κ2) is 7.69. The summed E-state index contributed by atoms with van der Waals surface area (Å²) >= 11 is 0. The first-order valence-electron chi connectivity index (χ1n) is 8.64. The van der Waals surface area contributed by atoms with Gasteiger partial charge in [0.15, 0.2) is 11.6 Å². The van der Waals surface area contributed by atoms with Crippen LogP contribution in [0.1, 0.15) is 19.8 Å². The van der Waals surface area contributed by atoms with Crippen LogP contribution in [0.3, 0.4) is 0 Å². The normalized spacial score (nSPS) is 17.4. The molecule has 2 heterocycles. The number of nitrogen functional groups attached to an aromatic ring is 2. The number of nitrogens with two attached hydrogens (primary N) is 2. The molecule has 1 aliphatic rings. The lowest BCUT2D eigenvalue weighted by atomic mass is 10.2. The second-order valence-electron chi connectivity index (χ2n) is 6.21. The van der Waals surface area contributed by atoms with Crippen molar-refractivity contribution in [3.63, 3.8) is 0 Å². The molecule has 0 radical (unpaired) electrons. The van der Waals surface area contributed by atoms with Crippen molar-refractivity contribution in [3.8, 4) is 5.75 Å². The topological polar surface area (TPSA) is 106 Å². The number of rotatable bonds is 6. The minimum Gasteiger partial charge on any atom is -0.494 e. The van der Waals surface area contributed by atoms with E-state index in [1.165, 1.54) is 13.2 Å². The van der Waals surface area contributed by atoms with Gasteiger partial charge in [-0.2, -0.15) is 15.0 Å². The van der Waals surface area contributed by atoms with E-state index in [2.05, 4.69) is 26.8 Å². The smallest absolute Gasteiger partial charge is 0.236 e. The van der Waals surface area contributed by atoms with Crippen LogP contribution in [0.25, 0.3) is 0 Å². The van der Waals surface area contributed by atoms with E-state index in [9.17, 15) is 4.39 Å². The third-order valence-electron chi connectivity index (χ3n) is 4.65. The molecule has 1 fully saturated rings. The van der Waals surface area contributed by atoms with Crippen LogP contribution in [0, 0.1) is 5.82 Å². The zero-order valence-electron chi connectivity index (χ0n) is 15.0. The van der Waals surface area contributed by atoms with E-state index < -0.39 is 5.82 Å². The summed E-state index contributed by atoms with van der Waals surface area (Å²) in [6, 6.07) is 5.06. The number of likely N-dealkylation sites (N-methyl/N-ethyl adjacent to an activating group) is 1. The molecular formula is C17H24FN7O. The molecule has 1 atom stereocenters. The highest BCUT2D eigenvalue weighted by Crippen LogP contribution is 2.30. The number of hydrogen-bond donors (Lipinski definition) is 2. The van der Waals surface area contributed by atoms with E-state index >= 15 is 0 Å². The summed E-state index contributed by atoms with van der Waals surface area (Å²) in [5.74, 6) is 0.0984. The van der Waals surface area contributed by atoms with E-state index in [1.807, 2.05) is 4.90 Å². The zero-order chi connectivity index (χ0) is 18.7. The van der Waals surface area contributed by atoms with E-state index in [0.29, 0.717) is 24.2 Å². The number of hydrogen-bond acceptors (Lipinski definition) is 8. The number of anilines is 4. The summed E-state index contributed by atoms with van der Waals surface area (Å²) in [4.78, 5) is 16.4. The summed E-state index contributed by atoms with van der Waals surface area (Å²) in [5.41, 5.74) is 12.1. The van der Waals surface area contributed by atoms with Gasteiger partial charge in [0.05, 0.1) is 7.11 Å². The van der Waals surface area contributed by atoms with Gasteiger partial charge < -0.3 is 21.1 Å². The molecule has 4 N–H and O–H groups in total. The van der Waals surface area contributed by atoms with Crippen LogP contribution < -0.4 is 21.1 Å². The number of methoxy groups -OCH3 is 1. The van der Waals surface area contributed by atoms with E-state index in [1.54, 1.807) is 12.1 Å². The van der Waals surface area contributed by atoms with Gasteiger partial charge in [0.2, 0.25) is 17.8 Å². The largest absolute Gasteiger partial charge is 0.494 e. The highest BCUT2D eigenvalue weighted by molar-refractivity contribution is 5.60. The Morgan fingerprint density at radius 1 is 1.27 bits per heavy atom. The molecule has 0 spiro atoms. The highest BCUT2D eigenvalue weighted by Gasteiger charge is 2.27. The van der Waals surface area contributed by atoms with Crippen molar-refractivity contribution in [1.82, 2.24) is 19.9 Å². The lowest BCUT2D eigenvalue weighted by molar-refractivity contribution is 0.271. The number of nitrogens with zero attached hydrogens (tertiary/aromatic N) is 5. The number of benzene rings is 1. The van der Waals surface area contributed by atoms with Gasteiger partial charge in [-0.1, -0.05) is 6.92 Å². The Morgan fingerprint density at radius 3 is 2.62 bits per heavy atom. The van der Waals surface area contributed by atoms with E-state index in [-0.39, 0.29) is 17.6 Å². The predicted octanol–water partition coefficient (Wildman–Crippen LogP) is 1.81. The van der Waals surface area contributed by atoms with Crippen LogP contribution in [0.5, 0.6) is 5.75 Å². The summed E-state index contributed by atoms with van der Waals surface area (Å²) in [6.07, 6.45) is 2.18. The lowest BCUT2D eigenvalue weighted by Crippen LogP contribution is -2.39. The van der Waals surface area contributed by atoms with Crippen LogP contribution in [0.2, 0.25) is 0 Å². The van der Waals surface area contributed by atoms with Gasteiger partial charge in [0, 0.05) is 24.3 Å². The van der Waals surface area contributed by atoms with Crippen molar-refractivity contribution in [2.45, 2.75) is 25.8 Å². The first-order valence-corrected chi connectivity index (χ1v) is 8.64. The van der Waals surface area contributed by atoms with Crippen LogP contribution in [-0.4, -0.2) is 52.6 Å². The number of aromatic nitrogens is 3. The van der Waals surface area contributed by atoms with E-state index in [4.69, 9.17) is 16.2 Å². The van der Waals surface area contributed by atoms with Crippen molar-refractivity contribution in [3.05, 3.63) is 24.0 Å².